The van der Waals surface area contributed by atoms with Crippen LogP contribution in [0.25, 0.3) is 10.9 Å². The Balaban J connectivity index is 1.29. The van der Waals surface area contributed by atoms with Gasteiger partial charge >= 0.3 is 0 Å². The normalized spacial score (nSPS) is 15.2. The van der Waals surface area contributed by atoms with E-state index in [0.29, 0.717) is 12.3 Å². The van der Waals surface area contributed by atoms with Crippen LogP contribution in [0.15, 0.2) is 48.8 Å². The summed E-state index contributed by atoms with van der Waals surface area (Å²) in [6.07, 6.45) is 3.45. The SMILES string of the molecule is Cc1cccc2cc(C(=O)N3CCN(CCOc4cccnc4)CC3)[nH]c12. The number of piperazine rings is 1. The van der Waals surface area contributed by atoms with Gasteiger partial charge in [-0.05, 0) is 30.7 Å². The fraction of sp³-hybridized carbons (Fsp3) is 0.333. The molecule has 0 aliphatic carbocycles. The van der Waals surface area contributed by atoms with Crippen molar-refractivity contribution in [2.75, 3.05) is 39.3 Å². The van der Waals surface area contributed by atoms with Gasteiger partial charge in [0, 0.05) is 49.8 Å². The zero-order valence-corrected chi connectivity index (χ0v) is 15.5. The lowest BCUT2D eigenvalue weighted by atomic mass is 10.2. The topological polar surface area (TPSA) is 61.5 Å². The minimum Gasteiger partial charge on any atom is -0.491 e. The molecular formula is C21H24N4O2. The van der Waals surface area contributed by atoms with Crippen LogP contribution in [0.5, 0.6) is 5.75 Å². The molecular weight excluding hydrogens is 340 g/mol. The minimum atomic E-state index is 0.0804. The van der Waals surface area contributed by atoms with Crippen LogP contribution in [-0.4, -0.2) is 65.0 Å². The third-order valence-corrected chi connectivity index (χ3v) is 5.07. The molecule has 0 saturated carbocycles. The van der Waals surface area contributed by atoms with E-state index in [1.54, 1.807) is 12.4 Å². The largest absolute Gasteiger partial charge is 0.491 e. The average Bonchev–Trinajstić information content (AvgIpc) is 3.15. The second-order valence-corrected chi connectivity index (χ2v) is 6.89. The van der Waals surface area contributed by atoms with Gasteiger partial charge in [-0.1, -0.05) is 18.2 Å². The quantitative estimate of drug-likeness (QED) is 0.756. The molecule has 27 heavy (non-hydrogen) atoms. The number of carbonyl (C=O) groups is 1. The Bertz CT molecular complexity index is 914. The van der Waals surface area contributed by atoms with Crippen LogP contribution in [0.3, 0.4) is 0 Å². The van der Waals surface area contributed by atoms with Crippen molar-refractivity contribution in [3.63, 3.8) is 0 Å². The summed E-state index contributed by atoms with van der Waals surface area (Å²) in [7, 11) is 0. The smallest absolute Gasteiger partial charge is 0.270 e. The second-order valence-electron chi connectivity index (χ2n) is 6.89. The molecule has 6 heteroatoms. The summed E-state index contributed by atoms with van der Waals surface area (Å²) in [5, 5.41) is 1.09. The van der Waals surface area contributed by atoms with Crippen molar-refractivity contribution in [1.82, 2.24) is 19.8 Å². The number of aromatic amines is 1. The molecule has 1 aliphatic heterocycles. The number of benzene rings is 1. The molecule has 2 aromatic heterocycles. The summed E-state index contributed by atoms with van der Waals surface area (Å²) < 4.78 is 5.71. The molecule has 3 heterocycles. The molecule has 1 saturated heterocycles. The number of fused-ring (bicyclic) bond motifs is 1. The Morgan fingerprint density at radius 3 is 2.78 bits per heavy atom. The van der Waals surface area contributed by atoms with Gasteiger partial charge in [0.1, 0.15) is 18.1 Å². The predicted octanol–water partition coefficient (Wildman–Crippen LogP) is 2.71. The highest BCUT2D eigenvalue weighted by Crippen LogP contribution is 2.20. The minimum absolute atomic E-state index is 0.0804. The Morgan fingerprint density at radius 2 is 2.04 bits per heavy atom. The first kappa shape index (κ1) is 17.5. The molecule has 4 rings (SSSR count). The zero-order valence-electron chi connectivity index (χ0n) is 15.5. The van der Waals surface area contributed by atoms with Crippen molar-refractivity contribution in [2.45, 2.75) is 6.92 Å². The molecule has 1 aliphatic rings. The lowest BCUT2D eigenvalue weighted by Gasteiger charge is -2.34. The predicted molar refractivity (Wildman–Crippen MR) is 105 cm³/mol. The zero-order chi connectivity index (χ0) is 18.6. The number of para-hydroxylation sites is 1. The van der Waals surface area contributed by atoms with Gasteiger partial charge < -0.3 is 14.6 Å². The molecule has 0 unspecified atom stereocenters. The molecule has 3 aromatic rings. The van der Waals surface area contributed by atoms with Crippen LogP contribution < -0.4 is 4.74 Å². The molecule has 1 aromatic carbocycles. The lowest BCUT2D eigenvalue weighted by Crippen LogP contribution is -2.49. The Hall–Kier alpha value is -2.86. The van der Waals surface area contributed by atoms with Crippen LogP contribution in [0.4, 0.5) is 0 Å². The van der Waals surface area contributed by atoms with Gasteiger partial charge in [-0.15, -0.1) is 0 Å². The monoisotopic (exact) mass is 364 g/mol. The van der Waals surface area contributed by atoms with Crippen LogP contribution in [0, 0.1) is 6.92 Å². The van der Waals surface area contributed by atoms with Gasteiger partial charge in [0.05, 0.1) is 6.20 Å². The fourth-order valence-electron chi connectivity index (χ4n) is 3.49. The van der Waals surface area contributed by atoms with Crippen molar-refractivity contribution in [3.05, 3.63) is 60.0 Å². The van der Waals surface area contributed by atoms with Crippen LogP contribution in [0.2, 0.25) is 0 Å². The summed E-state index contributed by atoms with van der Waals surface area (Å²) in [6.45, 7) is 6.73. The number of nitrogens with one attached hydrogen (secondary N) is 1. The van der Waals surface area contributed by atoms with Gasteiger partial charge in [-0.3, -0.25) is 14.7 Å². The number of carbonyl (C=O) groups excluding carboxylic acids is 1. The molecule has 0 atom stereocenters. The lowest BCUT2D eigenvalue weighted by molar-refractivity contribution is 0.0615. The number of rotatable bonds is 5. The van der Waals surface area contributed by atoms with Crippen molar-refractivity contribution in [3.8, 4) is 5.75 Å². The Morgan fingerprint density at radius 1 is 1.19 bits per heavy atom. The first-order valence-corrected chi connectivity index (χ1v) is 9.33. The first-order valence-electron chi connectivity index (χ1n) is 9.33. The summed E-state index contributed by atoms with van der Waals surface area (Å²) >= 11 is 0. The van der Waals surface area contributed by atoms with E-state index in [1.165, 1.54) is 0 Å². The van der Waals surface area contributed by atoms with Crippen LogP contribution in [-0.2, 0) is 0 Å². The van der Waals surface area contributed by atoms with E-state index in [4.69, 9.17) is 4.74 Å². The fourth-order valence-corrected chi connectivity index (χ4v) is 3.49. The van der Waals surface area contributed by atoms with E-state index in [9.17, 15) is 4.79 Å². The Labute approximate surface area is 158 Å². The van der Waals surface area contributed by atoms with Gasteiger partial charge in [-0.2, -0.15) is 0 Å². The number of pyridine rings is 1. The number of hydrogen-bond donors (Lipinski definition) is 1. The second kappa shape index (κ2) is 7.80. The van der Waals surface area contributed by atoms with Gasteiger partial charge in [0.15, 0.2) is 0 Å². The van der Waals surface area contributed by atoms with Crippen molar-refractivity contribution in [2.24, 2.45) is 0 Å². The van der Waals surface area contributed by atoms with Gasteiger partial charge in [0.2, 0.25) is 0 Å². The number of aromatic nitrogens is 2. The van der Waals surface area contributed by atoms with E-state index < -0.39 is 0 Å². The van der Waals surface area contributed by atoms with Crippen LogP contribution in [0.1, 0.15) is 16.1 Å². The van der Waals surface area contributed by atoms with E-state index >= 15 is 0 Å². The number of hydrogen-bond acceptors (Lipinski definition) is 4. The standard InChI is InChI=1S/C21H24N4O2/c1-16-4-2-5-17-14-19(23-20(16)17)21(26)25-10-8-24(9-11-25)12-13-27-18-6-3-7-22-15-18/h2-7,14-15,23H,8-13H2,1H3. The molecule has 0 bridgehead atoms. The summed E-state index contributed by atoms with van der Waals surface area (Å²) in [4.78, 5) is 24.4. The maximum atomic E-state index is 12.8. The van der Waals surface area contributed by atoms with E-state index in [-0.39, 0.29) is 5.91 Å². The Kier molecular flexibility index (Phi) is 5.07. The molecule has 1 amide bonds. The number of nitrogens with zero attached hydrogens (tertiary/aromatic N) is 3. The molecule has 1 N–H and O–H groups in total. The van der Waals surface area contributed by atoms with E-state index in [2.05, 4.69) is 27.9 Å². The average molecular weight is 364 g/mol. The van der Waals surface area contributed by atoms with E-state index in [0.717, 1.165) is 54.9 Å². The van der Waals surface area contributed by atoms with E-state index in [1.807, 2.05) is 35.2 Å². The first-order chi connectivity index (χ1) is 13.2. The van der Waals surface area contributed by atoms with Crippen molar-refractivity contribution in [1.29, 1.82) is 0 Å². The molecule has 1 fully saturated rings. The number of amides is 1. The van der Waals surface area contributed by atoms with Crippen LogP contribution >= 0.6 is 0 Å². The maximum Gasteiger partial charge on any atom is 0.270 e. The summed E-state index contributed by atoms with van der Waals surface area (Å²) in [5.41, 5.74) is 2.88. The van der Waals surface area contributed by atoms with Gasteiger partial charge in [-0.25, -0.2) is 0 Å². The van der Waals surface area contributed by atoms with Gasteiger partial charge in [0.25, 0.3) is 5.91 Å². The number of ether oxygens (including phenoxy) is 1. The highest BCUT2D eigenvalue weighted by Gasteiger charge is 2.23. The molecule has 0 spiro atoms. The summed E-state index contributed by atoms with van der Waals surface area (Å²) in [6, 6.07) is 11.8. The van der Waals surface area contributed by atoms with Crippen molar-refractivity contribution < 1.29 is 9.53 Å². The summed E-state index contributed by atoms with van der Waals surface area (Å²) in [5.74, 6) is 0.872. The molecule has 0 radical (unpaired) electrons. The highest BCUT2D eigenvalue weighted by atomic mass is 16.5. The van der Waals surface area contributed by atoms with Crippen molar-refractivity contribution >= 4 is 16.8 Å². The number of aryl methyl sites for hydroxylation is 1. The molecule has 6 nitrogen and oxygen atoms in total. The number of H-pyrrole nitrogens is 1. The third kappa shape index (κ3) is 3.95. The molecule has 140 valence electrons. The third-order valence-electron chi connectivity index (χ3n) is 5.07. The highest BCUT2D eigenvalue weighted by molar-refractivity contribution is 5.98. The maximum absolute atomic E-state index is 12.8.